The van der Waals surface area contributed by atoms with Crippen LogP contribution in [0.25, 0.3) is 0 Å². The Hall–Kier alpha value is -2.34. The van der Waals surface area contributed by atoms with Crippen LogP contribution in [0.15, 0.2) is 22.6 Å². The summed E-state index contributed by atoms with van der Waals surface area (Å²) in [6.45, 7) is 6.64. The van der Waals surface area contributed by atoms with Crippen molar-refractivity contribution >= 4 is 5.91 Å². The third kappa shape index (κ3) is 3.33. The average Bonchev–Trinajstić information content (AvgIpc) is 3.31. The molecule has 2 aliphatic heterocycles. The van der Waals surface area contributed by atoms with Gasteiger partial charge in [0.25, 0.3) is 5.91 Å². The molecule has 1 saturated heterocycles. The molecule has 0 bridgehead atoms. The molecule has 2 aliphatic rings. The predicted octanol–water partition coefficient (Wildman–Crippen LogP) is 2.76. The van der Waals surface area contributed by atoms with Gasteiger partial charge in [0.2, 0.25) is 0 Å². The zero-order valence-electron chi connectivity index (χ0n) is 15.3. The Morgan fingerprint density at radius 1 is 1.38 bits per heavy atom. The Balaban J connectivity index is 1.38. The summed E-state index contributed by atoms with van der Waals surface area (Å²) in [6, 6.07) is 5.88. The summed E-state index contributed by atoms with van der Waals surface area (Å²) < 4.78 is 17.1. The number of aromatic nitrogens is 1. The van der Waals surface area contributed by atoms with Gasteiger partial charge in [-0.25, -0.2) is 4.98 Å². The first kappa shape index (κ1) is 17.1. The topological polar surface area (TPSA) is 64.8 Å². The third-order valence-corrected chi connectivity index (χ3v) is 5.28. The van der Waals surface area contributed by atoms with Crippen molar-refractivity contribution in [3.05, 3.63) is 46.7 Å². The number of hydrogen-bond donors (Lipinski definition) is 0. The molecule has 0 radical (unpaired) electrons. The molecule has 1 aromatic heterocycles. The molecule has 0 N–H and O–H groups in total. The number of amides is 1. The summed E-state index contributed by atoms with van der Waals surface area (Å²) in [4.78, 5) is 19.0. The van der Waals surface area contributed by atoms with E-state index in [4.69, 9.17) is 13.9 Å². The highest BCUT2D eigenvalue weighted by Gasteiger charge is 2.29. The SMILES string of the molecule is Cc1cccc(OCC(=O)N2CCc3oc(C4CCOC4)nc3C2)c1C. The maximum Gasteiger partial charge on any atom is 0.260 e. The number of benzene rings is 1. The molecular formula is C20H24N2O4. The van der Waals surface area contributed by atoms with Crippen LogP contribution in [0.4, 0.5) is 0 Å². The molecule has 2 aromatic rings. The number of oxazole rings is 1. The van der Waals surface area contributed by atoms with Crippen molar-refractivity contribution in [2.24, 2.45) is 0 Å². The van der Waals surface area contributed by atoms with Gasteiger partial charge in [-0.2, -0.15) is 0 Å². The van der Waals surface area contributed by atoms with Crippen LogP contribution in [-0.4, -0.2) is 42.2 Å². The van der Waals surface area contributed by atoms with Gasteiger partial charge < -0.3 is 18.8 Å². The molecular weight excluding hydrogens is 332 g/mol. The Morgan fingerprint density at radius 3 is 3.08 bits per heavy atom. The van der Waals surface area contributed by atoms with Gasteiger partial charge >= 0.3 is 0 Å². The number of carbonyl (C=O) groups excluding carboxylic acids is 1. The van der Waals surface area contributed by atoms with Crippen molar-refractivity contribution in [2.45, 2.75) is 39.2 Å². The van der Waals surface area contributed by atoms with Gasteiger partial charge in [0.05, 0.1) is 19.1 Å². The second-order valence-electron chi connectivity index (χ2n) is 7.03. The smallest absolute Gasteiger partial charge is 0.260 e. The van der Waals surface area contributed by atoms with E-state index < -0.39 is 0 Å². The Bertz CT molecular complexity index is 808. The van der Waals surface area contributed by atoms with Crippen LogP contribution in [0.3, 0.4) is 0 Å². The van der Waals surface area contributed by atoms with E-state index in [1.807, 2.05) is 32.0 Å². The molecule has 1 fully saturated rings. The summed E-state index contributed by atoms with van der Waals surface area (Å²) in [5.74, 6) is 2.66. The number of ether oxygens (including phenoxy) is 2. The van der Waals surface area contributed by atoms with Crippen LogP contribution in [-0.2, 0) is 22.5 Å². The molecule has 0 saturated carbocycles. The number of carbonyl (C=O) groups is 1. The first-order chi connectivity index (χ1) is 12.6. The van der Waals surface area contributed by atoms with Gasteiger partial charge in [-0.3, -0.25) is 4.79 Å². The highest BCUT2D eigenvalue weighted by Crippen LogP contribution is 2.29. The summed E-state index contributed by atoms with van der Waals surface area (Å²) in [6.07, 6.45) is 1.65. The minimum atomic E-state index is -0.0229. The molecule has 3 heterocycles. The van der Waals surface area contributed by atoms with E-state index in [2.05, 4.69) is 4.98 Å². The maximum absolute atomic E-state index is 12.6. The predicted molar refractivity (Wildman–Crippen MR) is 95.2 cm³/mol. The monoisotopic (exact) mass is 356 g/mol. The fraction of sp³-hybridized carbons (Fsp3) is 0.500. The third-order valence-electron chi connectivity index (χ3n) is 5.28. The van der Waals surface area contributed by atoms with Crippen molar-refractivity contribution in [3.8, 4) is 5.75 Å². The highest BCUT2D eigenvalue weighted by atomic mass is 16.5. The second kappa shape index (κ2) is 7.11. The summed E-state index contributed by atoms with van der Waals surface area (Å²) in [5.41, 5.74) is 3.10. The maximum atomic E-state index is 12.6. The van der Waals surface area contributed by atoms with Crippen LogP contribution in [0, 0.1) is 13.8 Å². The zero-order chi connectivity index (χ0) is 18.1. The van der Waals surface area contributed by atoms with Gasteiger partial charge in [-0.15, -0.1) is 0 Å². The van der Waals surface area contributed by atoms with E-state index in [1.165, 1.54) is 0 Å². The van der Waals surface area contributed by atoms with Crippen LogP contribution >= 0.6 is 0 Å². The standard InChI is InChI=1S/C20H24N2O4/c1-13-4-3-5-17(14(13)2)25-12-19(23)22-8-6-18-16(10-22)21-20(26-18)15-7-9-24-11-15/h3-5,15H,6-12H2,1-2H3. The van der Waals surface area contributed by atoms with E-state index in [0.717, 1.165) is 47.2 Å². The van der Waals surface area contributed by atoms with Crippen LogP contribution in [0.1, 0.15) is 40.8 Å². The number of nitrogens with zero attached hydrogens (tertiary/aromatic N) is 2. The fourth-order valence-electron chi connectivity index (χ4n) is 3.45. The van der Waals surface area contributed by atoms with Crippen LogP contribution in [0.2, 0.25) is 0 Å². The number of hydrogen-bond acceptors (Lipinski definition) is 5. The molecule has 4 rings (SSSR count). The summed E-state index contributed by atoms with van der Waals surface area (Å²) in [5, 5.41) is 0. The van der Waals surface area contributed by atoms with Crippen molar-refractivity contribution in [2.75, 3.05) is 26.4 Å². The average molecular weight is 356 g/mol. The largest absolute Gasteiger partial charge is 0.483 e. The highest BCUT2D eigenvalue weighted by molar-refractivity contribution is 5.78. The molecule has 0 spiro atoms. The lowest BCUT2D eigenvalue weighted by molar-refractivity contribution is -0.134. The minimum absolute atomic E-state index is 0.0229. The van der Waals surface area contributed by atoms with Gasteiger partial charge in [0, 0.05) is 19.6 Å². The molecule has 1 atom stereocenters. The lowest BCUT2D eigenvalue weighted by Gasteiger charge is -2.25. The first-order valence-corrected chi connectivity index (χ1v) is 9.15. The molecule has 138 valence electrons. The van der Waals surface area contributed by atoms with E-state index in [-0.39, 0.29) is 18.4 Å². The number of fused-ring (bicyclic) bond motifs is 1. The molecule has 1 aromatic carbocycles. The lowest BCUT2D eigenvalue weighted by Crippen LogP contribution is -2.38. The normalized spacial score (nSPS) is 19.5. The fourth-order valence-corrected chi connectivity index (χ4v) is 3.45. The second-order valence-corrected chi connectivity index (χ2v) is 7.03. The van der Waals surface area contributed by atoms with E-state index >= 15 is 0 Å². The van der Waals surface area contributed by atoms with Gasteiger partial charge in [-0.1, -0.05) is 12.1 Å². The van der Waals surface area contributed by atoms with Crippen LogP contribution < -0.4 is 4.74 Å². The Labute approximate surface area is 153 Å². The zero-order valence-corrected chi connectivity index (χ0v) is 15.3. The van der Waals surface area contributed by atoms with Crippen molar-refractivity contribution in [3.63, 3.8) is 0 Å². The Morgan fingerprint density at radius 2 is 2.27 bits per heavy atom. The number of rotatable bonds is 4. The number of aryl methyl sites for hydroxylation is 1. The molecule has 0 aliphatic carbocycles. The first-order valence-electron chi connectivity index (χ1n) is 9.15. The van der Waals surface area contributed by atoms with Gasteiger partial charge in [0.1, 0.15) is 17.2 Å². The minimum Gasteiger partial charge on any atom is -0.483 e. The van der Waals surface area contributed by atoms with Crippen molar-refractivity contribution in [1.29, 1.82) is 0 Å². The quantitative estimate of drug-likeness (QED) is 0.843. The van der Waals surface area contributed by atoms with Gasteiger partial charge in [-0.05, 0) is 37.5 Å². The van der Waals surface area contributed by atoms with E-state index in [1.54, 1.807) is 4.90 Å². The summed E-state index contributed by atoms with van der Waals surface area (Å²) >= 11 is 0. The molecule has 26 heavy (non-hydrogen) atoms. The van der Waals surface area contributed by atoms with Gasteiger partial charge in [0.15, 0.2) is 12.5 Å². The van der Waals surface area contributed by atoms with E-state index in [0.29, 0.717) is 26.1 Å². The van der Waals surface area contributed by atoms with Crippen molar-refractivity contribution < 1.29 is 18.7 Å². The molecule has 6 nitrogen and oxygen atoms in total. The lowest BCUT2D eigenvalue weighted by atomic mass is 10.1. The van der Waals surface area contributed by atoms with Crippen molar-refractivity contribution in [1.82, 2.24) is 9.88 Å². The summed E-state index contributed by atoms with van der Waals surface area (Å²) in [7, 11) is 0. The Kier molecular flexibility index (Phi) is 4.68. The molecule has 6 heteroatoms. The van der Waals surface area contributed by atoms with Crippen LogP contribution in [0.5, 0.6) is 5.75 Å². The molecule has 1 amide bonds. The van der Waals surface area contributed by atoms with E-state index in [9.17, 15) is 4.79 Å². The molecule has 1 unspecified atom stereocenters.